The second-order valence-corrected chi connectivity index (χ2v) is 3.13. The first-order valence-electron chi connectivity index (χ1n) is 3.94. The average Bonchev–Trinajstić information content (AvgIpc) is 2.27. The Balaban J connectivity index is 2.50. The monoisotopic (exact) mass is 198 g/mol. The summed E-state index contributed by atoms with van der Waals surface area (Å²) in [6.07, 6.45) is -3.53. The van der Waals surface area contributed by atoms with Gasteiger partial charge in [0.2, 0.25) is 5.85 Å². The van der Waals surface area contributed by atoms with Gasteiger partial charge < -0.3 is 0 Å². The van der Waals surface area contributed by atoms with Gasteiger partial charge in [0, 0.05) is 12.8 Å². The highest BCUT2D eigenvalue weighted by Crippen LogP contribution is 2.42. The summed E-state index contributed by atoms with van der Waals surface area (Å²) in [5.41, 5.74) is 0. The third-order valence-corrected chi connectivity index (χ3v) is 2.02. The molecule has 0 aromatic heterocycles. The predicted octanol–water partition coefficient (Wildman–Crippen LogP) is 3.03. The molecule has 1 saturated carbocycles. The molecule has 0 heterocycles. The van der Waals surface area contributed by atoms with Gasteiger partial charge in [-0.05, 0) is 12.3 Å². The molecule has 0 saturated heterocycles. The van der Waals surface area contributed by atoms with Gasteiger partial charge in [0.25, 0.3) is 0 Å². The summed E-state index contributed by atoms with van der Waals surface area (Å²) in [6, 6.07) is 0. The van der Waals surface area contributed by atoms with E-state index < -0.39 is 12.2 Å². The molecule has 1 aliphatic rings. The van der Waals surface area contributed by atoms with E-state index in [0.29, 0.717) is 6.42 Å². The third-order valence-electron chi connectivity index (χ3n) is 2.02. The van der Waals surface area contributed by atoms with Gasteiger partial charge >= 0.3 is 6.36 Å². The summed E-state index contributed by atoms with van der Waals surface area (Å²) in [4.78, 5) is 0. The maximum Gasteiger partial charge on any atom is 0.525 e. The van der Waals surface area contributed by atoms with Crippen LogP contribution in [0.3, 0.4) is 0 Å². The molecule has 1 nitrogen and oxygen atoms in total. The van der Waals surface area contributed by atoms with Crippen LogP contribution in [-0.2, 0) is 4.74 Å². The Hall–Kier alpha value is -0.320. The van der Waals surface area contributed by atoms with Gasteiger partial charge in [-0.1, -0.05) is 13.3 Å². The van der Waals surface area contributed by atoms with Crippen molar-refractivity contribution in [3.63, 3.8) is 0 Å². The maximum atomic E-state index is 13.2. The Kier molecular flexibility index (Phi) is 2.85. The van der Waals surface area contributed by atoms with Gasteiger partial charge in [-0.15, -0.1) is 13.2 Å². The topological polar surface area (TPSA) is 9.23 Å². The van der Waals surface area contributed by atoms with Crippen LogP contribution in [0.5, 0.6) is 0 Å². The first-order valence-corrected chi connectivity index (χ1v) is 3.94. The van der Waals surface area contributed by atoms with E-state index in [1.807, 2.05) is 0 Å². The SMILES string of the molecule is [CH2]CC1C[CH]C(F)(OC(F)(F)F)C1. The van der Waals surface area contributed by atoms with E-state index in [9.17, 15) is 17.6 Å². The van der Waals surface area contributed by atoms with Crippen LogP contribution < -0.4 is 0 Å². The minimum atomic E-state index is -4.92. The van der Waals surface area contributed by atoms with Gasteiger partial charge in [-0.2, -0.15) is 0 Å². The van der Waals surface area contributed by atoms with Crippen LogP contribution in [0.2, 0.25) is 0 Å². The number of alkyl halides is 4. The van der Waals surface area contributed by atoms with Crippen molar-refractivity contribution >= 4 is 0 Å². The van der Waals surface area contributed by atoms with Crippen LogP contribution in [0.15, 0.2) is 0 Å². The predicted molar refractivity (Wildman–Crippen MR) is 38.0 cm³/mol. The highest BCUT2D eigenvalue weighted by molar-refractivity contribution is 4.97. The molecule has 2 radical (unpaired) electrons. The Morgan fingerprint density at radius 3 is 2.54 bits per heavy atom. The minimum Gasteiger partial charge on any atom is -0.254 e. The summed E-state index contributed by atoms with van der Waals surface area (Å²) < 4.78 is 51.6. The molecule has 1 aliphatic carbocycles. The second kappa shape index (κ2) is 3.44. The first-order chi connectivity index (χ1) is 5.85. The van der Waals surface area contributed by atoms with Crippen molar-refractivity contribution in [3.8, 4) is 0 Å². The number of halogens is 4. The lowest BCUT2D eigenvalue weighted by Gasteiger charge is -2.21. The van der Waals surface area contributed by atoms with Gasteiger partial charge in [-0.25, -0.2) is 4.39 Å². The van der Waals surface area contributed by atoms with Crippen LogP contribution in [0.25, 0.3) is 0 Å². The molecule has 0 spiro atoms. The van der Waals surface area contributed by atoms with Crippen molar-refractivity contribution in [1.29, 1.82) is 0 Å². The van der Waals surface area contributed by atoms with Crippen molar-refractivity contribution < 1.29 is 22.3 Å². The van der Waals surface area contributed by atoms with E-state index >= 15 is 0 Å². The van der Waals surface area contributed by atoms with Gasteiger partial charge in [0.1, 0.15) is 0 Å². The zero-order valence-electron chi connectivity index (χ0n) is 6.90. The Labute approximate surface area is 74.1 Å². The third kappa shape index (κ3) is 3.14. The lowest BCUT2D eigenvalue weighted by molar-refractivity contribution is -0.383. The molecule has 0 aromatic rings. The lowest BCUT2D eigenvalue weighted by Crippen LogP contribution is -2.31. The van der Waals surface area contributed by atoms with Crippen LogP contribution in [-0.4, -0.2) is 12.2 Å². The van der Waals surface area contributed by atoms with Crippen molar-refractivity contribution in [2.45, 2.75) is 31.5 Å². The largest absolute Gasteiger partial charge is 0.525 e. The Morgan fingerprint density at radius 1 is 1.54 bits per heavy atom. The summed E-state index contributed by atoms with van der Waals surface area (Å²) >= 11 is 0. The molecule has 76 valence electrons. The second-order valence-electron chi connectivity index (χ2n) is 3.13. The zero-order chi connectivity index (χ0) is 10.1. The van der Waals surface area contributed by atoms with Crippen molar-refractivity contribution in [3.05, 3.63) is 13.3 Å². The molecule has 0 N–H and O–H groups in total. The fourth-order valence-corrected chi connectivity index (χ4v) is 1.40. The molecule has 0 bridgehead atoms. The normalized spacial score (nSPS) is 35.3. The van der Waals surface area contributed by atoms with E-state index in [0.717, 1.165) is 6.42 Å². The molecule has 2 atom stereocenters. The molecule has 1 fully saturated rings. The standard InChI is InChI=1S/C8H10F4O/c1-2-6-3-4-7(9,5-6)13-8(10,11)12/h4,6H,1-3,5H2. The fraction of sp³-hybridized carbons (Fsp3) is 0.750. The molecule has 0 aliphatic heterocycles. The fourth-order valence-electron chi connectivity index (χ4n) is 1.40. The van der Waals surface area contributed by atoms with Crippen LogP contribution >= 0.6 is 0 Å². The average molecular weight is 198 g/mol. The molecule has 2 unspecified atom stereocenters. The van der Waals surface area contributed by atoms with Crippen molar-refractivity contribution in [1.82, 2.24) is 0 Å². The summed E-state index contributed by atoms with van der Waals surface area (Å²) in [5.74, 6) is -2.78. The van der Waals surface area contributed by atoms with E-state index in [1.165, 1.54) is 0 Å². The zero-order valence-corrected chi connectivity index (χ0v) is 6.90. The highest BCUT2D eigenvalue weighted by Gasteiger charge is 2.48. The highest BCUT2D eigenvalue weighted by atomic mass is 19.4. The smallest absolute Gasteiger partial charge is 0.254 e. The lowest BCUT2D eigenvalue weighted by atomic mass is 10.1. The molecule has 13 heavy (non-hydrogen) atoms. The Morgan fingerprint density at radius 2 is 2.15 bits per heavy atom. The van der Waals surface area contributed by atoms with Gasteiger partial charge in [0.05, 0.1) is 0 Å². The number of hydrogen-bond acceptors (Lipinski definition) is 1. The van der Waals surface area contributed by atoms with E-state index in [-0.39, 0.29) is 18.8 Å². The molecular formula is C8H10F4O. The van der Waals surface area contributed by atoms with E-state index in [2.05, 4.69) is 11.7 Å². The summed E-state index contributed by atoms with van der Waals surface area (Å²) in [6.45, 7) is 3.51. The number of ether oxygens (including phenoxy) is 1. The number of hydrogen-bond donors (Lipinski definition) is 0. The molecule has 1 rings (SSSR count). The van der Waals surface area contributed by atoms with Gasteiger partial charge in [0.15, 0.2) is 0 Å². The molecule has 0 amide bonds. The summed E-state index contributed by atoms with van der Waals surface area (Å²) in [5, 5.41) is 0. The molecule has 0 aromatic carbocycles. The van der Waals surface area contributed by atoms with Crippen LogP contribution in [0.4, 0.5) is 17.6 Å². The van der Waals surface area contributed by atoms with Crippen molar-refractivity contribution in [2.75, 3.05) is 0 Å². The first kappa shape index (κ1) is 10.8. The van der Waals surface area contributed by atoms with Crippen molar-refractivity contribution in [2.24, 2.45) is 5.92 Å². The molecule has 5 heteroatoms. The molecular weight excluding hydrogens is 188 g/mol. The van der Waals surface area contributed by atoms with Crippen LogP contribution in [0, 0.1) is 19.3 Å². The van der Waals surface area contributed by atoms with Gasteiger partial charge in [-0.3, -0.25) is 4.74 Å². The van der Waals surface area contributed by atoms with E-state index in [1.54, 1.807) is 0 Å². The van der Waals surface area contributed by atoms with E-state index in [4.69, 9.17) is 0 Å². The maximum absolute atomic E-state index is 13.2. The number of rotatable bonds is 2. The quantitative estimate of drug-likeness (QED) is 0.619. The Bertz CT molecular complexity index is 179. The summed E-state index contributed by atoms with van der Waals surface area (Å²) in [7, 11) is 0. The minimum absolute atomic E-state index is 0.146. The van der Waals surface area contributed by atoms with Crippen LogP contribution in [0.1, 0.15) is 19.3 Å².